The SMILES string of the molecule is CCCCN(C(=O)CCl)C(=O)OCC. The normalized spacial score (nSPS) is 9.64. The second-order valence-corrected chi connectivity index (χ2v) is 3.00. The number of hydrogen-bond donors (Lipinski definition) is 0. The fraction of sp³-hybridized carbons (Fsp3) is 0.778. The Balaban J connectivity index is 4.22. The molecule has 0 bridgehead atoms. The number of rotatable bonds is 5. The van der Waals surface area contributed by atoms with Gasteiger partial charge in [0.25, 0.3) is 0 Å². The molecule has 0 spiro atoms. The van der Waals surface area contributed by atoms with Crippen molar-refractivity contribution in [2.24, 2.45) is 0 Å². The molecule has 14 heavy (non-hydrogen) atoms. The van der Waals surface area contributed by atoms with Crippen molar-refractivity contribution in [3.8, 4) is 0 Å². The average Bonchev–Trinajstić information content (AvgIpc) is 2.18. The molecule has 0 saturated carbocycles. The Hall–Kier alpha value is -0.770. The van der Waals surface area contributed by atoms with Crippen LogP contribution in [-0.2, 0) is 9.53 Å². The average molecular weight is 222 g/mol. The van der Waals surface area contributed by atoms with Crippen LogP contribution >= 0.6 is 11.6 Å². The van der Waals surface area contributed by atoms with E-state index in [1.807, 2.05) is 6.92 Å². The second kappa shape index (κ2) is 7.62. The van der Waals surface area contributed by atoms with Gasteiger partial charge in [0.05, 0.1) is 6.61 Å². The minimum Gasteiger partial charge on any atom is -0.449 e. The fourth-order valence-corrected chi connectivity index (χ4v) is 1.05. The molecule has 0 saturated heterocycles. The van der Waals surface area contributed by atoms with Crippen LogP contribution in [0.2, 0.25) is 0 Å². The summed E-state index contributed by atoms with van der Waals surface area (Å²) in [6, 6.07) is 0. The molecule has 0 atom stereocenters. The van der Waals surface area contributed by atoms with Gasteiger partial charge in [0.2, 0.25) is 5.91 Å². The molecule has 0 aliphatic rings. The Labute approximate surface area is 89.2 Å². The molecule has 2 amide bonds. The molecule has 0 heterocycles. The molecule has 0 fully saturated rings. The topological polar surface area (TPSA) is 46.6 Å². The number of carbonyl (C=O) groups excluding carboxylic acids is 2. The van der Waals surface area contributed by atoms with Crippen molar-refractivity contribution in [3.63, 3.8) is 0 Å². The van der Waals surface area contributed by atoms with Crippen molar-refractivity contribution in [3.05, 3.63) is 0 Å². The second-order valence-electron chi connectivity index (χ2n) is 2.73. The van der Waals surface area contributed by atoms with Crippen molar-refractivity contribution < 1.29 is 14.3 Å². The number of ether oxygens (including phenoxy) is 1. The van der Waals surface area contributed by atoms with E-state index in [2.05, 4.69) is 0 Å². The van der Waals surface area contributed by atoms with Gasteiger partial charge in [-0.1, -0.05) is 13.3 Å². The summed E-state index contributed by atoms with van der Waals surface area (Å²) in [6.07, 6.45) is 1.07. The molecule has 0 aromatic rings. The number of halogens is 1. The van der Waals surface area contributed by atoms with E-state index >= 15 is 0 Å². The molecule has 0 aliphatic carbocycles. The summed E-state index contributed by atoms with van der Waals surface area (Å²) < 4.78 is 4.73. The van der Waals surface area contributed by atoms with Gasteiger partial charge in [-0.3, -0.25) is 4.79 Å². The van der Waals surface area contributed by atoms with Crippen LogP contribution in [-0.4, -0.2) is 35.9 Å². The lowest BCUT2D eigenvalue weighted by Crippen LogP contribution is -2.38. The third-order valence-corrected chi connectivity index (χ3v) is 1.87. The van der Waals surface area contributed by atoms with Gasteiger partial charge < -0.3 is 4.74 Å². The third-order valence-electron chi connectivity index (χ3n) is 1.64. The molecule has 0 N–H and O–H groups in total. The monoisotopic (exact) mass is 221 g/mol. The maximum atomic E-state index is 11.3. The van der Waals surface area contributed by atoms with Crippen LogP contribution in [0.25, 0.3) is 0 Å². The number of hydrogen-bond acceptors (Lipinski definition) is 3. The minimum absolute atomic E-state index is 0.192. The lowest BCUT2D eigenvalue weighted by molar-refractivity contribution is -0.126. The lowest BCUT2D eigenvalue weighted by Gasteiger charge is -2.18. The van der Waals surface area contributed by atoms with Crippen LogP contribution in [0.5, 0.6) is 0 Å². The van der Waals surface area contributed by atoms with Crippen molar-refractivity contribution in [2.45, 2.75) is 26.7 Å². The van der Waals surface area contributed by atoms with Crippen LogP contribution < -0.4 is 0 Å². The number of amides is 2. The number of carbonyl (C=O) groups is 2. The van der Waals surface area contributed by atoms with Crippen molar-refractivity contribution in [2.75, 3.05) is 19.0 Å². The molecule has 4 nitrogen and oxygen atoms in total. The van der Waals surface area contributed by atoms with Crippen LogP contribution in [0.15, 0.2) is 0 Å². The molecule has 0 radical (unpaired) electrons. The lowest BCUT2D eigenvalue weighted by atomic mass is 10.3. The van der Waals surface area contributed by atoms with Crippen molar-refractivity contribution in [1.29, 1.82) is 0 Å². The van der Waals surface area contributed by atoms with Gasteiger partial charge >= 0.3 is 6.09 Å². The highest BCUT2D eigenvalue weighted by Crippen LogP contribution is 2.01. The first-order valence-electron chi connectivity index (χ1n) is 4.70. The van der Waals surface area contributed by atoms with E-state index in [9.17, 15) is 9.59 Å². The van der Waals surface area contributed by atoms with E-state index in [1.165, 1.54) is 0 Å². The van der Waals surface area contributed by atoms with Gasteiger partial charge in [0.1, 0.15) is 5.88 Å². The maximum absolute atomic E-state index is 11.3. The molecule has 82 valence electrons. The Kier molecular flexibility index (Phi) is 7.20. The Morgan fingerprint density at radius 1 is 1.36 bits per heavy atom. The van der Waals surface area contributed by atoms with Gasteiger partial charge in [0, 0.05) is 6.54 Å². The summed E-state index contributed by atoms with van der Waals surface area (Å²) in [5.41, 5.74) is 0. The first kappa shape index (κ1) is 13.2. The van der Waals surface area contributed by atoms with E-state index < -0.39 is 12.0 Å². The molecule has 0 rings (SSSR count). The summed E-state index contributed by atoms with van der Waals surface area (Å²) >= 11 is 5.37. The number of imide groups is 1. The summed E-state index contributed by atoms with van der Waals surface area (Å²) in [6.45, 7) is 4.31. The summed E-state index contributed by atoms with van der Waals surface area (Å²) in [4.78, 5) is 23.6. The molecule has 0 unspecified atom stereocenters. The van der Waals surface area contributed by atoms with E-state index in [0.717, 1.165) is 17.7 Å². The van der Waals surface area contributed by atoms with Gasteiger partial charge in [-0.15, -0.1) is 11.6 Å². The van der Waals surface area contributed by atoms with Gasteiger partial charge in [-0.25, -0.2) is 9.69 Å². The first-order valence-corrected chi connectivity index (χ1v) is 5.23. The molecule has 5 heteroatoms. The van der Waals surface area contributed by atoms with E-state index in [-0.39, 0.29) is 12.5 Å². The van der Waals surface area contributed by atoms with Crippen LogP contribution in [0.3, 0.4) is 0 Å². The Bertz CT molecular complexity index is 196. The molecule has 0 aliphatic heterocycles. The standard InChI is InChI=1S/C9H16ClNO3/c1-3-5-6-11(8(12)7-10)9(13)14-4-2/h3-7H2,1-2H3. The first-order chi connectivity index (χ1) is 6.67. The highest BCUT2D eigenvalue weighted by atomic mass is 35.5. The molecule has 0 aromatic carbocycles. The van der Waals surface area contributed by atoms with Crippen LogP contribution in [0.4, 0.5) is 4.79 Å². The maximum Gasteiger partial charge on any atom is 0.416 e. The van der Waals surface area contributed by atoms with E-state index in [4.69, 9.17) is 16.3 Å². The zero-order valence-electron chi connectivity index (χ0n) is 8.59. The smallest absolute Gasteiger partial charge is 0.416 e. The summed E-state index contributed by atoms with van der Waals surface area (Å²) in [5.74, 6) is -0.596. The minimum atomic E-state index is -0.605. The van der Waals surface area contributed by atoms with E-state index in [1.54, 1.807) is 6.92 Å². The zero-order chi connectivity index (χ0) is 11.0. The van der Waals surface area contributed by atoms with Gasteiger partial charge in [0.15, 0.2) is 0 Å². The zero-order valence-corrected chi connectivity index (χ0v) is 9.34. The van der Waals surface area contributed by atoms with Gasteiger partial charge in [-0.05, 0) is 13.3 Å². The quantitative estimate of drug-likeness (QED) is 0.668. The number of unbranched alkanes of at least 4 members (excludes halogenated alkanes) is 1. The predicted octanol–water partition coefficient (Wildman–Crippen LogP) is 2.01. The Morgan fingerprint density at radius 2 is 2.00 bits per heavy atom. The number of nitrogens with zero attached hydrogens (tertiary/aromatic N) is 1. The molecule has 0 aromatic heterocycles. The summed E-state index contributed by atoms with van der Waals surface area (Å²) in [5, 5.41) is 0. The Morgan fingerprint density at radius 3 is 2.43 bits per heavy atom. The highest BCUT2D eigenvalue weighted by molar-refractivity contribution is 6.28. The third kappa shape index (κ3) is 4.46. The van der Waals surface area contributed by atoms with Crippen LogP contribution in [0.1, 0.15) is 26.7 Å². The largest absolute Gasteiger partial charge is 0.449 e. The van der Waals surface area contributed by atoms with Crippen molar-refractivity contribution >= 4 is 23.6 Å². The molecular formula is C9H16ClNO3. The summed E-state index contributed by atoms with van der Waals surface area (Å²) in [7, 11) is 0. The highest BCUT2D eigenvalue weighted by Gasteiger charge is 2.20. The predicted molar refractivity (Wildman–Crippen MR) is 54.4 cm³/mol. The van der Waals surface area contributed by atoms with Crippen LogP contribution in [0, 0.1) is 0 Å². The number of alkyl halides is 1. The van der Waals surface area contributed by atoms with Gasteiger partial charge in [-0.2, -0.15) is 0 Å². The molecular weight excluding hydrogens is 206 g/mol. The van der Waals surface area contributed by atoms with E-state index in [0.29, 0.717) is 6.54 Å². The fourth-order valence-electron chi connectivity index (χ4n) is 0.908. The van der Waals surface area contributed by atoms with Crippen molar-refractivity contribution in [1.82, 2.24) is 4.90 Å².